The number of pyridine rings is 1. The molecule has 0 spiro atoms. The average molecular weight is 220 g/mol. The summed E-state index contributed by atoms with van der Waals surface area (Å²) in [5, 5.41) is 3.34. The number of anilines is 1. The molecule has 86 valence electrons. The number of hydrogen-bond donors (Lipinski definition) is 2. The third-order valence-corrected chi connectivity index (χ3v) is 2.72. The highest BCUT2D eigenvalue weighted by molar-refractivity contribution is 5.97. The summed E-state index contributed by atoms with van der Waals surface area (Å²) in [6.07, 6.45) is 1.69. The molecule has 1 aromatic heterocycles. The van der Waals surface area contributed by atoms with Crippen LogP contribution in [-0.4, -0.2) is 36.6 Å². The smallest absolute Gasteiger partial charge is 0.252 e. The van der Waals surface area contributed by atoms with Crippen molar-refractivity contribution in [3.63, 3.8) is 0 Å². The molecule has 0 aromatic carbocycles. The van der Waals surface area contributed by atoms with Gasteiger partial charge in [0.05, 0.1) is 5.56 Å². The van der Waals surface area contributed by atoms with Crippen LogP contribution in [0.3, 0.4) is 0 Å². The molecule has 1 amide bonds. The summed E-state index contributed by atoms with van der Waals surface area (Å²) >= 11 is 0. The second-order valence-corrected chi connectivity index (χ2v) is 4.04. The van der Waals surface area contributed by atoms with Crippen molar-refractivity contribution >= 4 is 11.7 Å². The number of nitrogens with one attached hydrogen (secondary N) is 1. The minimum atomic E-state index is -0.422. The first-order valence-corrected chi connectivity index (χ1v) is 5.41. The Morgan fingerprint density at radius 3 is 3.19 bits per heavy atom. The van der Waals surface area contributed by atoms with Gasteiger partial charge in [-0.25, -0.2) is 4.98 Å². The summed E-state index contributed by atoms with van der Waals surface area (Å²) in [5.41, 5.74) is 5.83. The maximum absolute atomic E-state index is 11.3. The molecular weight excluding hydrogens is 204 g/mol. The Hall–Kier alpha value is -1.62. The summed E-state index contributed by atoms with van der Waals surface area (Å²) in [7, 11) is 0. The van der Waals surface area contributed by atoms with Gasteiger partial charge in [-0.3, -0.25) is 4.79 Å². The summed E-state index contributed by atoms with van der Waals surface area (Å²) in [6, 6.07) is 3.85. The topological polar surface area (TPSA) is 71.2 Å². The first kappa shape index (κ1) is 10.9. The summed E-state index contributed by atoms with van der Waals surface area (Å²) in [6.45, 7) is 4.70. The SMILES string of the molecule is C[C@@H]1CN(c2ncccc2C(N)=O)CCN1. The van der Waals surface area contributed by atoms with Gasteiger partial charge in [-0.15, -0.1) is 0 Å². The zero-order chi connectivity index (χ0) is 11.5. The molecule has 1 aromatic rings. The molecule has 0 saturated carbocycles. The number of primary amides is 1. The van der Waals surface area contributed by atoms with Crippen molar-refractivity contribution in [3.8, 4) is 0 Å². The van der Waals surface area contributed by atoms with Crippen molar-refractivity contribution in [2.45, 2.75) is 13.0 Å². The Balaban J connectivity index is 2.28. The van der Waals surface area contributed by atoms with Gasteiger partial charge in [0, 0.05) is 31.9 Å². The normalized spacial score (nSPS) is 20.8. The van der Waals surface area contributed by atoms with Crippen molar-refractivity contribution in [1.82, 2.24) is 10.3 Å². The van der Waals surface area contributed by atoms with Gasteiger partial charge in [-0.1, -0.05) is 0 Å². The number of rotatable bonds is 2. The third kappa shape index (κ3) is 2.14. The average Bonchev–Trinajstić information content (AvgIpc) is 2.29. The van der Waals surface area contributed by atoms with Gasteiger partial charge in [0.15, 0.2) is 0 Å². The van der Waals surface area contributed by atoms with E-state index in [-0.39, 0.29) is 0 Å². The fourth-order valence-electron chi connectivity index (χ4n) is 1.97. The molecule has 5 nitrogen and oxygen atoms in total. The van der Waals surface area contributed by atoms with E-state index in [0.717, 1.165) is 19.6 Å². The number of amides is 1. The largest absolute Gasteiger partial charge is 0.365 e. The standard InChI is InChI=1S/C11H16N4O/c1-8-7-15(6-5-13-8)11-9(10(12)16)3-2-4-14-11/h2-4,8,13H,5-7H2,1H3,(H2,12,16)/t8-/m1/s1. The molecule has 1 atom stereocenters. The highest BCUT2D eigenvalue weighted by Gasteiger charge is 2.20. The van der Waals surface area contributed by atoms with Gasteiger partial charge >= 0.3 is 0 Å². The number of nitrogens with zero attached hydrogens (tertiary/aromatic N) is 2. The van der Waals surface area contributed by atoms with E-state index in [1.54, 1.807) is 18.3 Å². The molecule has 0 aliphatic carbocycles. The predicted molar refractivity (Wildman–Crippen MR) is 62.4 cm³/mol. The van der Waals surface area contributed by atoms with E-state index < -0.39 is 5.91 Å². The lowest BCUT2D eigenvalue weighted by molar-refractivity contribution is 0.100. The Morgan fingerprint density at radius 2 is 2.50 bits per heavy atom. The number of aromatic nitrogens is 1. The van der Waals surface area contributed by atoms with Gasteiger partial charge in [-0.2, -0.15) is 0 Å². The molecule has 2 heterocycles. The summed E-state index contributed by atoms with van der Waals surface area (Å²) < 4.78 is 0. The van der Waals surface area contributed by atoms with E-state index in [4.69, 9.17) is 5.73 Å². The van der Waals surface area contributed by atoms with Gasteiger partial charge in [0.1, 0.15) is 5.82 Å². The van der Waals surface area contributed by atoms with Crippen LogP contribution < -0.4 is 16.0 Å². The fraction of sp³-hybridized carbons (Fsp3) is 0.455. The van der Waals surface area contributed by atoms with Gasteiger partial charge in [-0.05, 0) is 19.1 Å². The predicted octanol–water partition coefficient (Wildman–Crippen LogP) is -0.0214. The maximum Gasteiger partial charge on any atom is 0.252 e. The lowest BCUT2D eigenvalue weighted by atomic mass is 10.2. The monoisotopic (exact) mass is 220 g/mol. The van der Waals surface area contributed by atoms with E-state index in [2.05, 4.69) is 22.1 Å². The number of hydrogen-bond acceptors (Lipinski definition) is 4. The zero-order valence-electron chi connectivity index (χ0n) is 9.31. The molecule has 2 rings (SSSR count). The van der Waals surface area contributed by atoms with Crippen LogP contribution in [0.1, 0.15) is 17.3 Å². The van der Waals surface area contributed by atoms with Crippen LogP contribution in [0.4, 0.5) is 5.82 Å². The number of piperazine rings is 1. The Bertz CT molecular complexity index is 393. The highest BCUT2D eigenvalue weighted by Crippen LogP contribution is 2.17. The van der Waals surface area contributed by atoms with Crippen LogP contribution in [0, 0.1) is 0 Å². The zero-order valence-corrected chi connectivity index (χ0v) is 9.31. The maximum atomic E-state index is 11.3. The van der Waals surface area contributed by atoms with Crippen LogP contribution in [0.25, 0.3) is 0 Å². The summed E-state index contributed by atoms with van der Waals surface area (Å²) in [4.78, 5) is 17.6. The molecule has 0 radical (unpaired) electrons. The first-order chi connectivity index (χ1) is 7.68. The van der Waals surface area contributed by atoms with Gasteiger partial charge in [0.2, 0.25) is 0 Å². The van der Waals surface area contributed by atoms with Gasteiger partial charge < -0.3 is 16.0 Å². The molecule has 0 bridgehead atoms. The lowest BCUT2D eigenvalue weighted by Gasteiger charge is -2.33. The van der Waals surface area contributed by atoms with Crippen molar-refractivity contribution in [2.75, 3.05) is 24.5 Å². The molecule has 16 heavy (non-hydrogen) atoms. The van der Waals surface area contributed by atoms with E-state index in [1.165, 1.54) is 0 Å². The second-order valence-electron chi connectivity index (χ2n) is 4.04. The quantitative estimate of drug-likeness (QED) is 0.734. The Morgan fingerprint density at radius 1 is 1.69 bits per heavy atom. The Kier molecular flexibility index (Phi) is 3.05. The van der Waals surface area contributed by atoms with Crippen LogP contribution in [0.15, 0.2) is 18.3 Å². The molecule has 0 unspecified atom stereocenters. The lowest BCUT2D eigenvalue weighted by Crippen LogP contribution is -2.50. The van der Waals surface area contributed by atoms with E-state index in [1.807, 2.05) is 0 Å². The molecule has 1 aliphatic heterocycles. The van der Waals surface area contributed by atoms with Crippen LogP contribution in [0.2, 0.25) is 0 Å². The van der Waals surface area contributed by atoms with E-state index in [9.17, 15) is 4.79 Å². The summed E-state index contributed by atoms with van der Waals surface area (Å²) in [5.74, 6) is 0.276. The minimum absolute atomic E-state index is 0.400. The van der Waals surface area contributed by atoms with Gasteiger partial charge in [0.25, 0.3) is 5.91 Å². The van der Waals surface area contributed by atoms with Crippen LogP contribution >= 0.6 is 0 Å². The molecule has 1 saturated heterocycles. The Labute approximate surface area is 94.6 Å². The van der Waals surface area contributed by atoms with Crippen LogP contribution in [-0.2, 0) is 0 Å². The minimum Gasteiger partial charge on any atom is -0.365 e. The van der Waals surface area contributed by atoms with Crippen LogP contribution in [0.5, 0.6) is 0 Å². The first-order valence-electron chi connectivity index (χ1n) is 5.41. The van der Waals surface area contributed by atoms with Crippen molar-refractivity contribution in [2.24, 2.45) is 5.73 Å². The van der Waals surface area contributed by atoms with Crippen molar-refractivity contribution in [1.29, 1.82) is 0 Å². The second kappa shape index (κ2) is 4.49. The molecular formula is C11H16N4O. The number of nitrogens with two attached hydrogens (primary N) is 1. The molecule has 5 heteroatoms. The van der Waals surface area contributed by atoms with E-state index in [0.29, 0.717) is 17.4 Å². The number of carbonyl (C=O) groups is 1. The molecule has 1 fully saturated rings. The third-order valence-electron chi connectivity index (χ3n) is 2.72. The fourth-order valence-corrected chi connectivity index (χ4v) is 1.97. The van der Waals surface area contributed by atoms with Crippen molar-refractivity contribution in [3.05, 3.63) is 23.9 Å². The highest BCUT2D eigenvalue weighted by atomic mass is 16.1. The number of carbonyl (C=O) groups excluding carboxylic acids is 1. The molecule has 3 N–H and O–H groups in total. The molecule has 1 aliphatic rings. The van der Waals surface area contributed by atoms with Crippen molar-refractivity contribution < 1.29 is 4.79 Å². The van der Waals surface area contributed by atoms with E-state index >= 15 is 0 Å².